The molecular formula is C32H28N6O4. The Bertz CT molecular complexity index is 1910. The van der Waals surface area contributed by atoms with Crippen molar-refractivity contribution >= 4 is 5.65 Å². The molecule has 1 aliphatic heterocycles. The molecule has 4 heterocycles. The lowest BCUT2D eigenvalue weighted by atomic mass is 9.84. The Hall–Kier alpha value is -5.38. The first-order chi connectivity index (χ1) is 20.5. The largest absolute Gasteiger partial charge is 0.493 e. The molecular weight excluding hydrogens is 532 g/mol. The van der Waals surface area contributed by atoms with E-state index in [-0.39, 0.29) is 12.5 Å². The zero-order valence-electron chi connectivity index (χ0n) is 23.6. The van der Waals surface area contributed by atoms with Crippen LogP contribution >= 0.6 is 0 Å². The van der Waals surface area contributed by atoms with Crippen LogP contribution in [0.5, 0.6) is 29.0 Å². The fourth-order valence-corrected chi connectivity index (χ4v) is 5.38. The third-order valence-electron chi connectivity index (χ3n) is 7.39. The van der Waals surface area contributed by atoms with E-state index in [9.17, 15) is 0 Å². The van der Waals surface area contributed by atoms with Gasteiger partial charge in [0, 0.05) is 0 Å². The smallest absolute Gasteiger partial charge is 0.230 e. The van der Waals surface area contributed by atoms with E-state index in [4.69, 9.17) is 29.0 Å². The van der Waals surface area contributed by atoms with Crippen LogP contribution in [0.25, 0.3) is 11.3 Å². The van der Waals surface area contributed by atoms with Gasteiger partial charge in [0.25, 0.3) is 0 Å². The molecule has 0 spiro atoms. The quantitative estimate of drug-likeness (QED) is 0.241. The summed E-state index contributed by atoms with van der Waals surface area (Å²) in [4.78, 5) is 9.59. The van der Waals surface area contributed by atoms with E-state index in [2.05, 4.69) is 10.1 Å². The molecule has 0 amide bonds. The van der Waals surface area contributed by atoms with Gasteiger partial charge in [0.1, 0.15) is 18.7 Å². The normalized spacial score (nSPS) is 13.8. The lowest BCUT2D eigenvalue weighted by molar-refractivity contribution is 0.296. The summed E-state index contributed by atoms with van der Waals surface area (Å²) in [6.45, 7) is 4.23. The molecule has 3 aromatic carbocycles. The maximum atomic E-state index is 6.52. The molecule has 10 heteroatoms. The van der Waals surface area contributed by atoms with Gasteiger partial charge >= 0.3 is 0 Å². The topological polar surface area (TPSA) is 97.8 Å². The summed E-state index contributed by atoms with van der Waals surface area (Å²) in [7, 11) is 3.25. The van der Waals surface area contributed by atoms with Crippen LogP contribution in [0.15, 0.2) is 79.1 Å². The van der Waals surface area contributed by atoms with Crippen LogP contribution in [0.2, 0.25) is 0 Å². The maximum absolute atomic E-state index is 6.52. The maximum Gasteiger partial charge on any atom is 0.230 e. The van der Waals surface area contributed by atoms with Crippen LogP contribution in [0.3, 0.4) is 0 Å². The highest BCUT2D eigenvalue weighted by atomic mass is 16.5. The predicted molar refractivity (Wildman–Crippen MR) is 155 cm³/mol. The summed E-state index contributed by atoms with van der Waals surface area (Å²) in [5.41, 5.74) is 6.14. The minimum atomic E-state index is -0.327. The summed E-state index contributed by atoms with van der Waals surface area (Å²) >= 11 is 0. The van der Waals surface area contributed by atoms with E-state index < -0.39 is 0 Å². The van der Waals surface area contributed by atoms with Crippen molar-refractivity contribution in [3.05, 3.63) is 113 Å². The number of para-hydroxylation sites is 1. The monoisotopic (exact) mass is 560 g/mol. The molecule has 0 radical (unpaired) electrons. The Balaban J connectivity index is 1.39. The number of fused-ring (bicyclic) bond motifs is 4. The van der Waals surface area contributed by atoms with E-state index in [1.165, 1.54) is 0 Å². The Morgan fingerprint density at radius 2 is 1.64 bits per heavy atom. The van der Waals surface area contributed by atoms with E-state index >= 15 is 0 Å². The van der Waals surface area contributed by atoms with E-state index in [1.807, 2.05) is 91.3 Å². The first-order valence-electron chi connectivity index (χ1n) is 13.5. The highest BCUT2D eigenvalue weighted by molar-refractivity contribution is 5.67. The van der Waals surface area contributed by atoms with Crippen LogP contribution in [0, 0.1) is 13.8 Å². The van der Waals surface area contributed by atoms with Crippen molar-refractivity contribution in [1.82, 2.24) is 29.4 Å². The van der Waals surface area contributed by atoms with E-state index in [0.717, 1.165) is 39.4 Å². The number of benzene rings is 3. The molecule has 1 aliphatic rings. The van der Waals surface area contributed by atoms with E-state index in [0.29, 0.717) is 34.7 Å². The highest BCUT2D eigenvalue weighted by Crippen LogP contribution is 2.50. The molecule has 0 saturated carbocycles. The highest BCUT2D eigenvalue weighted by Gasteiger charge is 2.38. The first-order valence-corrected chi connectivity index (χ1v) is 13.5. The molecule has 42 heavy (non-hydrogen) atoms. The predicted octanol–water partition coefficient (Wildman–Crippen LogP) is 5.81. The molecule has 6 aromatic rings. The van der Waals surface area contributed by atoms with Crippen LogP contribution in [0.4, 0.5) is 0 Å². The summed E-state index contributed by atoms with van der Waals surface area (Å²) in [5.74, 6) is 3.24. The lowest BCUT2D eigenvalue weighted by Crippen LogP contribution is -2.16. The van der Waals surface area contributed by atoms with Gasteiger partial charge in [-0.3, -0.25) is 0 Å². The van der Waals surface area contributed by atoms with Crippen molar-refractivity contribution in [3.63, 3.8) is 0 Å². The Morgan fingerprint density at radius 3 is 2.40 bits per heavy atom. The average Bonchev–Trinajstić information content (AvgIpc) is 3.60. The SMILES string of the molecule is COc1ccc([C@H]2c3c(C)nn(-c4ccccc4)c3Oc3ncn4nc(COc5ccc(C)cc5)nc4c32)cc1OC. The molecule has 0 unspecified atom stereocenters. The number of hydrogen-bond acceptors (Lipinski definition) is 8. The minimum Gasteiger partial charge on any atom is -0.493 e. The first kappa shape index (κ1) is 25.6. The molecule has 210 valence electrons. The van der Waals surface area contributed by atoms with Gasteiger partial charge in [0.2, 0.25) is 11.8 Å². The molecule has 0 N–H and O–H groups in total. The van der Waals surface area contributed by atoms with Gasteiger partial charge in [-0.2, -0.15) is 5.10 Å². The number of aromatic nitrogens is 6. The van der Waals surface area contributed by atoms with Gasteiger partial charge < -0.3 is 18.9 Å². The Labute approximate surface area is 242 Å². The molecule has 0 aliphatic carbocycles. The number of aryl methyl sites for hydroxylation is 2. The number of methoxy groups -OCH3 is 2. The van der Waals surface area contributed by atoms with Gasteiger partial charge in [-0.1, -0.05) is 42.0 Å². The van der Waals surface area contributed by atoms with Crippen LogP contribution in [0.1, 0.15) is 39.7 Å². The third-order valence-corrected chi connectivity index (χ3v) is 7.39. The molecule has 1 atom stereocenters. The summed E-state index contributed by atoms with van der Waals surface area (Å²) in [6, 6.07) is 23.7. The Morgan fingerprint density at radius 1 is 0.857 bits per heavy atom. The van der Waals surface area contributed by atoms with Crippen molar-refractivity contribution in [2.24, 2.45) is 0 Å². The molecule has 0 fully saturated rings. The van der Waals surface area contributed by atoms with Crippen LogP contribution in [-0.4, -0.2) is 43.6 Å². The standard InChI is InChI=1S/C32H28N6O4/c1-19-10-13-23(14-11-19)41-17-26-34-30-29-28(21-12-15-24(39-3)25(16-21)40-4)27-20(2)35-38(22-8-6-5-7-9-22)32(27)42-31(29)33-18-37(30)36-26/h5-16,18,28H,17H2,1-4H3/t28-/m0/s1. The number of rotatable bonds is 7. The number of hydrogen-bond donors (Lipinski definition) is 0. The van der Waals surface area contributed by atoms with Gasteiger partial charge in [-0.05, 0) is 55.8 Å². The molecule has 0 bridgehead atoms. The molecule has 3 aromatic heterocycles. The summed E-state index contributed by atoms with van der Waals surface area (Å²) in [5, 5.41) is 9.57. The third kappa shape index (κ3) is 4.28. The summed E-state index contributed by atoms with van der Waals surface area (Å²) in [6.07, 6.45) is 1.61. The van der Waals surface area contributed by atoms with Gasteiger partial charge in [-0.25, -0.2) is 19.2 Å². The second kappa shape index (κ2) is 10.2. The minimum absolute atomic E-state index is 0.206. The average molecular weight is 561 g/mol. The van der Waals surface area contributed by atoms with E-state index in [1.54, 1.807) is 25.1 Å². The second-order valence-corrected chi connectivity index (χ2v) is 10.1. The fraction of sp³-hybridized carbons (Fsp3) is 0.188. The lowest BCUT2D eigenvalue weighted by Gasteiger charge is -2.26. The van der Waals surface area contributed by atoms with Crippen molar-refractivity contribution in [2.75, 3.05) is 14.2 Å². The molecule has 0 saturated heterocycles. The zero-order valence-corrected chi connectivity index (χ0v) is 23.6. The number of ether oxygens (including phenoxy) is 4. The van der Waals surface area contributed by atoms with Crippen molar-refractivity contribution in [3.8, 4) is 34.7 Å². The van der Waals surface area contributed by atoms with Gasteiger partial charge in [0.05, 0.1) is 42.6 Å². The van der Waals surface area contributed by atoms with Crippen molar-refractivity contribution in [2.45, 2.75) is 26.4 Å². The Kier molecular flexibility index (Phi) is 6.23. The van der Waals surface area contributed by atoms with Crippen LogP contribution < -0.4 is 18.9 Å². The second-order valence-electron chi connectivity index (χ2n) is 10.1. The molecule has 10 nitrogen and oxygen atoms in total. The van der Waals surface area contributed by atoms with Crippen molar-refractivity contribution < 1.29 is 18.9 Å². The zero-order chi connectivity index (χ0) is 28.8. The number of nitrogens with zero attached hydrogens (tertiary/aromatic N) is 6. The van der Waals surface area contributed by atoms with Gasteiger partial charge in [-0.15, -0.1) is 5.10 Å². The fourth-order valence-electron chi connectivity index (χ4n) is 5.38. The van der Waals surface area contributed by atoms with Crippen molar-refractivity contribution in [1.29, 1.82) is 0 Å². The summed E-state index contributed by atoms with van der Waals surface area (Å²) < 4.78 is 27.2. The van der Waals surface area contributed by atoms with Crippen LogP contribution in [-0.2, 0) is 6.61 Å². The van der Waals surface area contributed by atoms with Gasteiger partial charge in [0.15, 0.2) is 23.0 Å². The molecule has 7 rings (SSSR count).